The summed E-state index contributed by atoms with van der Waals surface area (Å²) in [6.07, 6.45) is 5.21. The summed E-state index contributed by atoms with van der Waals surface area (Å²) in [6.45, 7) is 0. The van der Waals surface area contributed by atoms with Gasteiger partial charge in [-0.25, -0.2) is 0 Å². The molecule has 0 saturated heterocycles. The first-order valence-electron chi connectivity index (χ1n) is 6.97. The maximum atomic E-state index is 12.3. The van der Waals surface area contributed by atoms with Gasteiger partial charge in [-0.3, -0.25) is 9.59 Å². The number of thiophene rings is 1. The van der Waals surface area contributed by atoms with Crippen LogP contribution in [0, 0.1) is 5.92 Å². The lowest BCUT2D eigenvalue weighted by Crippen LogP contribution is -2.43. The molecule has 7 heteroatoms. The first-order chi connectivity index (χ1) is 9.99. The fraction of sp³-hybridized carbons (Fsp3) is 0.571. The molecule has 1 aliphatic carbocycles. The summed E-state index contributed by atoms with van der Waals surface area (Å²) in [7, 11) is 0. The van der Waals surface area contributed by atoms with Crippen LogP contribution in [0.4, 0.5) is 0 Å². The van der Waals surface area contributed by atoms with E-state index in [1.54, 1.807) is 0 Å². The van der Waals surface area contributed by atoms with Gasteiger partial charge < -0.3 is 10.4 Å². The van der Waals surface area contributed by atoms with E-state index < -0.39 is 11.9 Å². The highest BCUT2D eigenvalue weighted by Crippen LogP contribution is 2.31. The molecular weight excluding hydrogens is 333 g/mol. The second-order valence-electron chi connectivity index (χ2n) is 5.25. The summed E-state index contributed by atoms with van der Waals surface area (Å²) < 4.78 is 0.771. The quantitative estimate of drug-likeness (QED) is 0.858. The number of amides is 1. The van der Waals surface area contributed by atoms with Crippen LogP contribution < -0.4 is 5.32 Å². The maximum absolute atomic E-state index is 12.3. The number of hydrogen-bond donors (Lipinski definition) is 2. The Morgan fingerprint density at radius 2 is 1.86 bits per heavy atom. The molecule has 2 atom stereocenters. The van der Waals surface area contributed by atoms with Crippen LogP contribution in [0.1, 0.15) is 48.9 Å². The largest absolute Gasteiger partial charge is 0.481 e. The summed E-state index contributed by atoms with van der Waals surface area (Å²) >= 11 is 12.9. The summed E-state index contributed by atoms with van der Waals surface area (Å²) in [4.78, 5) is 23.7. The fourth-order valence-corrected chi connectivity index (χ4v) is 4.15. The Balaban J connectivity index is 2.11. The first-order valence-corrected chi connectivity index (χ1v) is 8.55. The molecule has 1 aliphatic rings. The SMILES string of the molecule is O=C(NC1CCCCCCC1C(=O)O)c1cc(Cl)sc1Cl. The number of carboxylic acid groups (broad SMARTS) is 1. The number of carbonyl (C=O) groups is 2. The molecule has 0 radical (unpaired) electrons. The van der Waals surface area contributed by atoms with Crippen LogP contribution in [0.5, 0.6) is 0 Å². The highest BCUT2D eigenvalue weighted by atomic mass is 35.5. The third-order valence-corrected chi connectivity index (χ3v) is 5.29. The van der Waals surface area contributed by atoms with Crippen molar-refractivity contribution in [2.45, 2.75) is 44.6 Å². The number of carboxylic acids is 1. The Bertz CT molecular complexity index is 532. The highest BCUT2D eigenvalue weighted by Gasteiger charge is 2.30. The van der Waals surface area contributed by atoms with Crippen molar-refractivity contribution in [3.63, 3.8) is 0 Å². The normalized spacial score (nSPS) is 23.1. The monoisotopic (exact) mass is 349 g/mol. The number of halogens is 2. The van der Waals surface area contributed by atoms with E-state index in [4.69, 9.17) is 23.2 Å². The topological polar surface area (TPSA) is 66.4 Å². The van der Waals surface area contributed by atoms with Gasteiger partial charge in [-0.05, 0) is 18.9 Å². The van der Waals surface area contributed by atoms with Crippen LogP contribution in [0.2, 0.25) is 8.67 Å². The molecule has 4 nitrogen and oxygen atoms in total. The third-order valence-electron chi connectivity index (χ3n) is 3.80. The van der Waals surface area contributed by atoms with E-state index in [9.17, 15) is 14.7 Å². The van der Waals surface area contributed by atoms with E-state index in [1.165, 1.54) is 6.07 Å². The van der Waals surface area contributed by atoms with Crippen molar-refractivity contribution in [3.05, 3.63) is 20.3 Å². The molecule has 0 bridgehead atoms. The average molecular weight is 350 g/mol. The second kappa shape index (κ2) is 7.47. The zero-order valence-electron chi connectivity index (χ0n) is 11.4. The lowest BCUT2D eigenvalue weighted by atomic mass is 9.86. The van der Waals surface area contributed by atoms with Gasteiger partial charge >= 0.3 is 5.97 Å². The second-order valence-corrected chi connectivity index (χ2v) is 7.54. The molecule has 2 rings (SSSR count). The predicted octanol–water partition coefficient (Wildman–Crippen LogP) is 4.21. The van der Waals surface area contributed by atoms with Crippen molar-refractivity contribution in [2.24, 2.45) is 5.92 Å². The van der Waals surface area contributed by atoms with Crippen LogP contribution in [0.25, 0.3) is 0 Å². The van der Waals surface area contributed by atoms with E-state index >= 15 is 0 Å². The van der Waals surface area contributed by atoms with E-state index in [1.807, 2.05) is 0 Å². The molecule has 2 unspecified atom stereocenters. The number of hydrogen-bond acceptors (Lipinski definition) is 3. The van der Waals surface area contributed by atoms with Crippen molar-refractivity contribution in [2.75, 3.05) is 0 Å². The molecule has 1 saturated carbocycles. The van der Waals surface area contributed by atoms with Gasteiger partial charge in [0, 0.05) is 6.04 Å². The van der Waals surface area contributed by atoms with Crippen molar-refractivity contribution in [3.8, 4) is 0 Å². The minimum atomic E-state index is -0.850. The molecule has 1 fully saturated rings. The van der Waals surface area contributed by atoms with E-state index in [-0.39, 0.29) is 11.9 Å². The molecule has 0 spiro atoms. The first kappa shape index (κ1) is 16.6. The molecule has 1 amide bonds. The Morgan fingerprint density at radius 1 is 1.19 bits per heavy atom. The molecule has 0 aliphatic heterocycles. The van der Waals surface area contributed by atoms with Crippen LogP contribution in [-0.4, -0.2) is 23.0 Å². The lowest BCUT2D eigenvalue weighted by molar-refractivity contribution is -0.143. The molecular formula is C14H17Cl2NO3S. The molecule has 21 heavy (non-hydrogen) atoms. The molecule has 2 N–H and O–H groups in total. The average Bonchev–Trinajstić information content (AvgIpc) is 2.71. The van der Waals surface area contributed by atoms with Crippen LogP contribution in [-0.2, 0) is 4.79 Å². The van der Waals surface area contributed by atoms with Gasteiger partial charge in [-0.15, -0.1) is 11.3 Å². The third kappa shape index (κ3) is 4.34. The van der Waals surface area contributed by atoms with Gasteiger partial charge in [0.1, 0.15) is 4.34 Å². The van der Waals surface area contributed by atoms with E-state index in [0.717, 1.165) is 37.0 Å². The van der Waals surface area contributed by atoms with Crippen LogP contribution in [0.3, 0.4) is 0 Å². The van der Waals surface area contributed by atoms with Crippen molar-refractivity contribution < 1.29 is 14.7 Å². The minimum Gasteiger partial charge on any atom is -0.481 e. The summed E-state index contributed by atoms with van der Waals surface area (Å²) in [6, 6.07) is 1.16. The Hall–Kier alpha value is -0.780. The number of aliphatic carboxylic acids is 1. The van der Waals surface area contributed by atoms with Crippen molar-refractivity contribution in [1.82, 2.24) is 5.32 Å². The predicted molar refractivity (Wildman–Crippen MR) is 84.4 cm³/mol. The van der Waals surface area contributed by atoms with Gasteiger partial charge in [0.2, 0.25) is 0 Å². The van der Waals surface area contributed by atoms with Gasteiger partial charge in [-0.2, -0.15) is 0 Å². The van der Waals surface area contributed by atoms with Gasteiger partial charge in [0.25, 0.3) is 5.91 Å². The lowest BCUT2D eigenvalue weighted by Gasteiger charge is -2.27. The van der Waals surface area contributed by atoms with E-state index in [2.05, 4.69) is 5.32 Å². The molecule has 1 aromatic rings. The summed E-state index contributed by atoms with van der Waals surface area (Å²) in [5.41, 5.74) is 0.317. The van der Waals surface area contributed by atoms with Crippen LogP contribution in [0.15, 0.2) is 6.07 Å². The smallest absolute Gasteiger partial charge is 0.308 e. The fourth-order valence-electron chi connectivity index (χ4n) is 2.69. The molecule has 1 heterocycles. The minimum absolute atomic E-state index is 0.317. The zero-order valence-corrected chi connectivity index (χ0v) is 13.7. The Morgan fingerprint density at radius 3 is 2.43 bits per heavy atom. The number of carbonyl (C=O) groups excluding carboxylic acids is 1. The highest BCUT2D eigenvalue weighted by molar-refractivity contribution is 7.20. The number of rotatable bonds is 3. The van der Waals surface area contributed by atoms with Gasteiger partial charge in [-0.1, -0.05) is 48.9 Å². The van der Waals surface area contributed by atoms with Crippen molar-refractivity contribution in [1.29, 1.82) is 0 Å². The standard InChI is InChI=1S/C14H17Cl2NO3S/c15-11-7-9(12(16)21-11)13(18)17-10-6-4-2-1-3-5-8(10)14(19)20/h7-8,10H,1-6H2,(H,17,18)(H,19,20). The summed E-state index contributed by atoms with van der Waals surface area (Å²) in [5, 5.41) is 12.2. The van der Waals surface area contributed by atoms with Crippen LogP contribution >= 0.6 is 34.5 Å². The Kier molecular flexibility index (Phi) is 5.90. The van der Waals surface area contributed by atoms with Gasteiger partial charge in [0.05, 0.1) is 15.8 Å². The summed E-state index contributed by atoms with van der Waals surface area (Å²) in [5.74, 6) is -1.74. The number of nitrogens with one attached hydrogen (secondary N) is 1. The zero-order chi connectivity index (χ0) is 15.4. The molecule has 1 aromatic heterocycles. The van der Waals surface area contributed by atoms with E-state index in [0.29, 0.717) is 27.1 Å². The van der Waals surface area contributed by atoms with Crippen molar-refractivity contribution >= 4 is 46.4 Å². The maximum Gasteiger partial charge on any atom is 0.308 e. The molecule has 0 aromatic carbocycles. The van der Waals surface area contributed by atoms with Gasteiger partial charge in [0.15, 0.2) is 0 Å². The Labute approximate surface area is 137 Å². The molecule has 116 valence electrons.